The molecule has 7 rings (SSSR count). The SMILES string of the molecule is COc1c(NC(=O)c2ccc(NC(=O)c3ccc(NC(=O)CNC(=O)c4ccc(NC(=O)c5ccc6nccnc6c5)cc4)cn3)c(OC)c2O)ccc(C(=O)O)c1O.Cc1cn[nH]n1. The Morgan fingerprint density at radius 1 is 0.615 bits per heavy atom. The summed E-state index contributed by atoms with van der Waals surface area (Å²) in [7, 11) is 2.35. The first-order valence-corrected chi connectivity index (χ1v) is 18.9. The van der Waals surface area contributed by atoms with Crippen LogP contribution in [0.15, 0.2) is 104 Å². The van der Waals surface area contributed by atoms with Crippen LogP contribution < -0.4 is 36.1 Å². The van der Waals surface area contributed by atoms with Crippen molar-refractivity contribution in [2.75, 3.05) is 42.0 Å². The second-order valence-corrected chi connectivity index (χ2v) is 13.4. The molecule has 65 heavy (non-hydrogen) atoms. The highest BCUT2D eigenvalue weighted by atomic mass is 16.5. The number of phenols is 2. The van der Waals surface area contributed by atoms with Crippen LogP contribution in [0.4, 0.5) is 22.7 Å². The van der Waals surface area contributed by atoms with Crippen LogP contribution in [-0.4, -0.2) is 102 Å². The molecule has 0 saturated carbocycles. The third-order valence-electron chi connectivity index (χ3n) is 9.00. The number of benzene rings is 4. The number of aromatic amines is 1. The van der Waals surface area contributed by atoms with Gasteiger partial charge in [-0.25, -0.2) is 9.78 Å². The molecular formula is C43H37N11O11. The maximum absolute atomic E-state index is 13.1. The molecule has 9 N–H and O–H groups in total. The number of carbonyl (C=O) groups is 6. The number of carbonyl (C=O) groups excluding carboxylic acids is 5. The van der Waals surface area contributed by atoms with Crippen LogP contribution in [0.25, 0.3) is 11.0 Å². The number of aromatic carboxylic acids is 1. The predicted octanol–water partition coefficient (Wildman–Crippen LogP) is 4.39. The highest BCUT2D eigenvalue weighted by molar-refractivity contribution is 6.10. The molecule has 5 amide bonds. The minimum atomic E-state index is -1.42. The summed E-state index contributed by atoms with van der Waals surface area (Å²) in [5.74, 6) is -6.51. The van der Waals surface area contributed by atoms with Gasteiger partial charge in [0.1, 0.15) is 11.3 Å². The normalized spacial score (nSPS) is 10.4. The second kappa shape index (κ2) is 20.4. The van der Waals surface area contributed by atoms with Crippen LogP contribution in [-0.2, 0) is 4.79 Å². The topological polar surface area (TPSA) is 322 Å². The number of aromatic nitrogens is 6. The molecule has 0 atom stereocenters. The quantitative estimate of drug-likeness (QED) is 0.0775. The van der Waals surface area contributed by atoms with E-state index < -0.39 is 53.2 Å². The number of hydrogen-bond acceptors (Lipinski definition) is 15. The maximum atomic E-state index is 13.1. The van der Waals surface area contributed by atoms with E-state index in [2.05, 4.69) is 56.9 Å². The summed E-state index contributed by atoms with van der Waals surface area (Å²) in [6.07, 6.45) is 5.97. The molecule has 4 aromatic carbocycles. The predicted molar refractivity (Wildman–Crippen MR) is 232 cm³/mol. The first kappa shape index (κ1) is 45.1. The number of aromatic hydroxyl groups is 2. The van der Waals surface area contributed by atoms with E-state index in [4.69, 9.17) is 9.47 Å². The number of carboxylic acid groups (broad SMARTS) is 1. The van der Waals surface area contributed by atoms with Gasteiger partial charge >= 0.3 is 5.97 Å². The minimum Gasteiger partial charge on any atom is -0.504 e. The number of anilines is 4. The molecule has 0 aliphatic heterocycles. The molecule has 0 unspecified atom stereocenters. The third kappa shape index (κ3) is 11.1. The van der Waals surface area contributed by atoms with E-state index in [1.807, 2.05) is 6.92 Å². The molecule has 0 bridgehead atoms. The van der Waals surface area contributed by atoms with Crippen molar-refractivity contribution in [2.24, 2.45) is 0 Å². The third-order valence-corrected chi connectivity index (χ3v) is 9.00. The van der Waals surface area contributed by atoms with Gasteiger partial charge in [0, 0.05) is 29.2 Å². The fourth-order valence-corrected chi connectivity index (χ4v) is 5.83. The summed E-state index contributed by atoms with van der Waals surface area (Å²) in [4.78, 5) is 87.9. The maximum Gasteiger partial charge on any atom is 0.339 e. The average Bonchev–Trinajstić information content (AvgIpc) is 3.79. The van der Waals surface area contributed by atoms with Crippen LogP contribution in [0.5, 0.6) is 23.0 Å². The summed E-state index contributed by atoms with van der Waals surface area (Å²) in [5, 5.41) is 52.8. The fourth-order valence-electron chi connectivity index (χ4n) is 5.83. The largest absolute Gasteiger partial charge is 0.504 e. The van der Waals surface area contributed by atoms with Crippen molar-refractivity contribution in [1.82, 2.24) is 35.7 Å². The van der Waals surface area contributed by atoms with Crippen LogP contribution in [0, 0.1) is 6.92 Å². The summed E-state index contributed by atoms with van der Waals surface area (Å²) < 4.78 is 10.3. The van der Waals surface area contributed by atoms with E-state index in [0.717, 1.165) is 18.9 Å². The van der Waals surface area contributed by atoms with Crippen molar-refractivity contribution in [3.63, 3.8) is 0 Å². The summed E-state index contributed by atoms with van der Waals surface area (Å²) >= 11 is 0. The Hall–Kier alpha value is -9.47. The lowest BCUT2D eigenvalue weighted by Crippen LogP contribution is -2.32. The average molecular weight is 884 g/mol. The van der Waals surface area contributed by atoms with Gasteiger partial charge in [0.25, 0.3) is 23.6 Å². The first-order chi connectivity index (χ1) is 31.3. The van der Waals surface area contributed by atoms with Gasteiger partial charge in [-0.15, -0.1) is 0 Å². The first-order valence-electron chi connectivity index (χ1n) is 18.9. The van der Waals surface area contributed by atoms with Crippen molar-refractivity contribution in [2.45, 2.75) is 6.92 Å². The van der Waals surface area contributed by atoms with Crippen LogP contribution in [0.1, 0.15) is 57.6 Å². The Balaban J connectivity index is 0.00000108. The Labute approximate surface area is 367 Å². The second-order valence-electron chi connectivity index (χ2n) is 13.4. The monoisotopic (exact) mass is 883 g/mol. The van der Waals surface area contributed by atoms with E-state index in [9.17, 15) is 44.1 Å². The highest BCUT2D eigenvalue weighted by Gasteiger charge is 2.24. The smallest absolute Gasteiger partial charge is 0.339 e. The number of hydrogen-bond donors (Lipinski definition) is 9. The molecule has 7 aromatic rings. The molecule has 0 saturated heterocycles. The van der Waals surface area contributed by atoms with Crippen LogP contribution >= 0.6 is 0 Å². The van der Waals surface area contributed by atoms with E-state index in [1.54, 1.807) is 42.7 Å². The fraction of sp³-hybridized carbons (Fsp3) is 0.0930. The zero-order valence-corrected chi connectivity index (χ0v) is 34.4. The van der Waals surface area contributed by atoms with Crippen LogP contribution in [0.3, 0.4) is 0 Å². The number of nitrogens with zero attached hydrogens (tertiary/aromatic N) is 5. The number of amides is 5. The Morgan fingerprint density at radius 2 is 1.23 bits per heavy atom. The number of H-pyrrole nitrogens is 1. The molecule has 0 radical (unpaired) electrons. The van der Waals surface area contributed by atoms with Gasteiger partial charge < -0.3 is 51.4 Å². The molecule has 0 aliphatic rings. The molecule has 330 valence electrons. The van der Waals surface area contributed by atoms with E-state index in [0.29, 0.717) is 22.3 Å². The lowest BCUT2D eigenvalue weighted by atomic mass is 10.1. The van der Waals surface area contributed by atoms with E-state index in [-0.39, 0.29) is 51.3 Å². The number of carboxylic acids is 1. The summed E-state index contributed by atoms with van der Waals surface area (Å²) in [5.41, 5.74) is 2.45. The molecule has 22 heteroatoms. The number of methoxy groups -OCH3 is 2. The van der Waals surface area contributed by atoms with Gasteiger partial charge in [-0.3, -0.25) is 33.9 Å². The van der Waals surface area contributed by atoms with Crippen molar-refractivity contribution >= 4 is 69.3 Å². The Kier molecular flexibility index (Phi) is 14.1. The number of rotatable bonds is 13. The highest BCUT2D eigenvalue weighted by Crippen LogP contribution is 2.40. The van der Waals surface area contributed by atoms with Gasteiger partial charge in [-0.1, -0.05) is 0 Å². The van der Waals surface area contributed by atoms with Gasteiger partial charge in [0.15, 0.2) is 23.0 Å². The number of fused-ring (bicyclic) bond motifs is 1. The van der Waals surface area contributed by atoms with Gasteiger partial charge in [-0.05, 0) is 85.8 Å². The molecule has 22 nitrogen and oxygen atoms in total. The Bertz CT molecular complexity index is 2910. The molecule has 3 heterocycles. The molecule has 0 spiro atoms. The standard InChI is InChI=1S/C40H32N8O11.C3H5N3/c1-58-34-28(13-9-24(32(34)50)38(54)47-27-14-10-25(40(56)57)33(51)35(27)59-2)48-39(55)29-12-8-23(18-43-29)45-31(49)19-44-36(52)20-3-6-22(7-4-20)46-37(53)21-5-11-26-30(17-21)42-16-15-41-26;1-3-2-4-6-5-3/h3-18,50-51H,19H2,1-2H3,(H,44,52)(H,45,49)(H,46,53)(H,47,54)(H,48,55)(H,56,57);2H,1H3,(H,4,5,6). The van der Waals surface area contributed by atoms with Gasteiger partial charge in [0.2, 0.25) is 5.91 Å². The van der Waals surface area contributed by atoms with Crippen molar-refractivity contribution in [3.8, 4) is 23.0 Å². The minimum absolute atomic E-state index is 0.0290. The molecule has 3 aromatic heterocycles. The van der Waals surface area contributed by atoms with Crippen molar-refractivity contribution in [1.29, 1.82) is 0 Å². The molecule has 0 aliphatic carbocycles. The number of pyridine rings is 1. The zero-order valence-electron chi connectivity index (χ0n) is 34.4. The van der Waals surface area contributed by atoms with Gasteiger partial charge in [0.05, 0.1) is 72.5 Å². The lowest BCUT2D eigenvalue weighted by molar-refractivity contribution is -0.115. The van der Waals surface area contributed by atoms with E-state index in [1.165, 1.54) is 62.0 Å². The number of nitrogens with one attached hydrogen (secondary N) is 6. The molecule has 0 fully saturated rings. The summed E-state index contributed by atoms with van der Waals surface area (Å²) in [6, 6.07) is 18.4. The number of phenolic OH excluding ortho intramolecular Hbond substituents is 1. The van der Waals surface area contributed by atoms with E-state index >= 15 is 0 Å². The lowest BCUT2D eigenvalue weighted by Gasteiger charge is -2.16. The van der Waals surface area contributed by atoms with Crippen LogP contribution in [0.2, 0.25) is 0 Å². The van der Waals surface area contributed by atoms with Crippen molar-refractivity contribution in [3.05, 3.63) is 137 Å². The zero-order chi connectivity index (χ0) is 46.6. The van der Waals surface area contributed by atoms with Gasteiger partial charge in [-0.2, -0.15) is 15.4 Å². The number of aryl methyl sites for hydroxylation is 1. The molecular weight excluding hydrogens is 847 g/mol. The summed E-state index contributed by atoms with van der Waals surface area (Å²) in [6.45, 7) is 1.48. The number of ether oxygens (including phenoxy) is 2. The Morgan fingerprint density at radius 3 is 1.82 bits per heavy atom. The van der Waals surface area contributed by atoms with Crippen molar-refractivity contribution < 1.29 is 53.6 Å².